The van der Waals surface area contributed by atoms with Crippen LogP contribution in [0.1, 0.15) is 12.8 Å². The zero-order valence-corrected chi connectivity index (χ0v) is 9.63. The Kier molecular flexibility index (Phi) is 5.22. The van der Waals surface area contributed by atoms with Gasteiger partial charge in [0, 0.05) is 24.9 Å². The Bertz CT molecular complexity index is 187. The summed E-state index contributed by atoms with van der Waals surface area (Å²) < 4.78 is 35.7. The fraction of sp³-hybridized carbons (Fsp3) is 1.00. The lowest BCUT2D eigenvalue weighted by molar-refractivity contribution is -0.0329. The standard InChI is InChI=1S/C9H17F3N2S/c1-13-8-3-2-4-14(7-8)5-6-15-9(10,11)12/h8,13H,2-7H2,1H3. The molecule has 1 fully saturated rings. The SMILES string of the molecule is CNC1CCCN(CCSC(F)(F)F)C1. The maximum absolute atomic E-state index is 11.9. The van der Waals surface area contributed by atoms with Gasteiger partial charge in [-0.25, -0.2) is 0 Å². The van der Waals surface area contributed by atoms with Crippen LogP contribution in [0.4, 0.5) is 13.2 Å². The van der Waals surface area contributed by atoms with Crippen molar-refractivity contribution in [2.75, 3.05) is 32.4 Å². The summed E-state index contributed by atoms with van der Waals surface area (Å²) in [6.45, 7) is 2.33. The molecule has 0 aliphatic carbocycles. The van der Waals surface area contributed by atoms with E-state index < -0.39 is 5.51 Å². The molecule has 15 heavy (non-hydrogen) atoms. The van der Waals surface area contributed by atoms with Crippen molar-refractivity contribution >= 4 is 11.8 Å². The monoisotopic (exact) mass is 242 g/mol. The number of alkyl halides is 3. The van der Waals surface area contributed by atoms with E-state index in [1.54, 1.807) is 0 Å². The highest BCUT2D eigenvalue weighted by Crippen LogP contribution is 2.29. The van der Waals surface area contributed by atoms with E-state index in [4.69, 9.17) is 0 Å². The van der Waals surface area contributed by atoms with E-state index >= 15 is 0 Å². The number of piperidine rings is 1. The largest absolute Gasteiger partial charge is 0.441 e. The minimum Gasteiger partial charge on any atom is -0.316 e. The highest BCUT2D eigenvalue weighted by molar-refractivity contribution is 8.00. The first-order chi connectivity index (χ1) is 7.01. The van der Waals surface area contributed by atoms with Crippen LogP contribution in [0.5, 0.6) is 0 Å². The molecule has 6 heteroatoms. The van der Waals surface area contributed by atoms with E-state index in [0.717, 1.165) is 25.9 Å². The molecule has 0 saturated carbocycles. The van der Waals surface area contributed by atoms with Crippen LogP contribution in [0.3, 0.4) is 0 Å². The second-order valence-corrected chi connectivity index (χ2v) is 4.88. The summed E-state index contributed by atoms with van der Waals surface area (Å²) in [7, 11) is 1.90. The van der Waals surface area contributed by atoms with E-state index in [1.807, 2.05) is 7.05 Å². The molecule has 1 atom stereocenters. The first-order valence-electron chi connectivity index (χ1n) is 5.11. The van der Waals surface area contributed by atoms with Crippen LogP contribution in [-0.2, 0) is 0 Å². The first kappa shape index (κ1) is 13.1. The third-order valence-corrected chi connectivity index (χ3v) is 3.30. The highest BCUT2D eigenvalue weighted by Gasteiger charge is 2.28. The predicted molar refractivity (Wildman–Crippen MR) is 57.0 cm³/mol. The van der Waals surface area contributed by atoms with Gasteiger partial charge in [-0.3, -0.25) is 0 Å². The third kappa shape index (κ3) is 5.63. The zero-order valence-electron chi connectivity index (χ0n) is 8.81. The molecule has 1 N–H and O–H groups in total. The molecule has 1 rings (SSSR count). The quantitative estimate of drug-likeness (QED) is 0.811. The second-order valence-electron chi connectivity index (χ2n) is 3.72. The van der Waals surface area contributed by atoms with E-state index in [9.17, 15) is 13.2 Å². The maximum Gasteiger partial charge on any atom is 0.441 e. The van der Waals surface area contributed by atoms with Gasteiger partial charge in [0.25, 0.3) is 0 Å². The minimum absolute atomic E-state index is 0.0740. The van der Waals surface area contributed by atoms with Crippen LogP contribution in [0, 0.1) is 0 Å². The number of hydrogen-bond donors (Lipinski definition) is 1. The van der Waals surface area contributed by atoms with Crippen LogP contribution >= 0.6 is 11.8 Å². The molecule has 0 aromatic carbocycles. The molecular weight excluding hydrogens is 225 g/mol. The fourth-order valence-corrected chi connectivity index (χ4v) is 2.37. The Labute approximate surface area is 92.6 Å². The van der Waals surface area contributed by atoms with Crippen molar-refractivity contribution in [2.45, 2.75) is 24.4 Å². The Morgan fingerprint density at radius 1 is 1.47 bits per heavy atom. The molecule has 90 valence electrons. The van der Waals surface area contributed by atoms with Gasteiger partial charge in [-0.2, -0.15) is 13.2 Å². The van der Waals surface area contributed by atoms with Crippen molar-refractivity contribution in [2.24, 2.45) is 0 Å². The number of hydrogen-bond acceptors (Lipinski definition) is 3. The lowest BCUT2D eigenvalue weighted by Crippen LogP contribution is -2.45. The highest BCUT2D eigenvalue weighted by atomic mass is 32.2. The molecule has 1 saturated heterocycles. The summed E-state index contributed by atoms with van der Waals surface area (Å²) in [5.74, 6) is 0.139. The van der Waals surface area contributed by atoms with E-state index in [-0.39, 0.29) is 17.5 Å². The molecule has 0 aromatic rings. The third-order valence-electron chi connectivity index (χ3n) is 2.59. The summed E-state index contributed by atoms with van der Waals surface area (Å²) in [5.41, 5.74) is -4.09. The number of halogens is 3. The molecule has 0 aromatic heterocycles. The minimum atomic E-state index is -4.09. The normalized spacial score (nSPS) is 24.4. The Hall–Kier alpha value is 0.0600. The van der Waals surface area contributed by atoms with Crippen molar-refractivity contribution in [1.29, 1.82) is 0 Å². The number of likely N-dealkylation sites (N-methyl/N-ethyl adjacent to an activating group) is 1. The smallest absolute Gasteiger partial charge is 0.316 e. The van der Waals surface area contributed by atoms with Crippen molar-refractivity contribution in [3.05, 3.63) is 0 Å². The second kappa shape index (κ2) is 5.96. The molecule has 0 spiro atoms. The summed E-state index contributed by atoms with van der Waals surface area (Å²) in [6, 6.07) is 0.439. The van der Waals surface area contributed by atoms with Gasteiger partial charge in [0.2, 0.25) is 0 Å². The van der Waals surface area contributed by atoms with Crippen LogP contribution in [-0.4, -0.2) is 48.9 Å². The molecular formula is C9H17F3N2S. The number of nitrogens with zero attached hydrogens (tertiary/aromatic N) is 1. The van der Waals surface area contributed by atoms with E-state index in [1.165, 1.54) is 0 Å². The molecule has 1 aliphatic rings. The van der Waals surface area contributed by atoms with Gasteiger partial charge in [0.15, 0.2) is 0 Å². The average molecular weight is 242 g/mol. The lowest BCUT2D eigenvalue weighted by Gasteiger charge is -2.32. The first-order valence-corrected chi connectivity index (χ1v) is 6.10. The Morgan fingerprint density at radius 3 is 2.80 bits per heavy atom. The van der Waals surface area contributed by atoms with Gasteiger partial charge in [-0.15, -0.1) is 0 Å². The Balaban J connectivity index is 2.15. The number of nitrogens with one attached hydrogen (secondary N) is 1. The summed E-state index contributed by atoms with van der Waals surface area (Å²) >= 11 is 0.0740. The molecule has 0 bridgehead atoms. The van der Waals surface area contributed by atoms with Crippen molar-refractivity contribution in [1.82, 2.24) is 10.2 Å². The van der Waals surface area contributed by atoms with Crippen LogP contribution in [0.25, 0.3) is 0 Å². The van der Waals surface area contributed by atoms with Crippen LogP contribution in [0.2, 0.25) is 0 Å². The maximum atomic E-state index is 11.9. The predicted octanol–water partition coefficient (Wildman–Crippen LogP) is 1.92. The topological polar surface area (TPSA) is 15.3 Å². The van der Waals surface area contributed by atoms with Crippen molar-refractivity contribution in [3.8, 4) is 0 Å². The van der Waals surface area contributed by atoms with Gasteiger partial charge in [0.1, 0.15) is 0 Å². The molecule has 1 heterocycles. The number of likely N-dealkylation sites (tertiary alicyclic amines) is 1. The van der Waals surface area contributed by atoms with Gasteiger partial charge in [-0.05, 0) is 38.2 Å². The van der Waals surface area contributed by atoms with Crippen LogP contribution in [0.15, 0.2) is 0 Å². The molecule has 1 aliphatic heterocycles. The molecule has 0 radical (unpaired) electrons. The fourth-order valence-electron chi connectivity index (χ4n) is 1.78. The van der Waals surface area contributed by atoms with Gasteiger partial charge in [-0.1, -0.05) is 0 Å². The number of rotatable bonds is 4. The summed E-state index contributed by atoms with van der Waals surface area (Å²) in [6.07, 6.45) is 2.20. The zero-order chi connectivity index (χ0) is 11.3. The number of thioether (sulfide) groups is 1. The lowest BCUT2D eigenvalue weighted by atomic mass is 10.1. The van der Waals surface area contributed by atoms with Gasteiger partial charge >= 0.3 is 5.51 Å². The summed E-state index contributed by atoms with van der Waals surface area (Å²) in [4.78, 5) is 2.10. The molecule has 1 unspecified atom stereocenters. The average Bonchev–Trinajstić information content (AvgIpc) is 2.16. The molecule has 2 nitrogen and oxygen atoms in total. The van der Waals surface area contributed by atoms with E-state index in [2.05, 4.69) is 10.2 Å². The van der Waals surface area contributed by atoms with Crippen LogP contribution < -0.4 is 5.32 Å². The Morgan fingerprint density at radius 2 is 2.20 bits per heavy atom. The van der Waals surface area contributed by atoms with Gasteiger partial charge < -0.3 is 10.2 Å². The summed E-state index contributed by atoms with van der Waals surface area (Å²) in [5, 5.41) is 3.17. The van der Waals surface area contributed by atoms with E-state index in [0.29, 0.717) is 12.6 Å². The van der Waals surface area contributed by atoms with Crippen molar-refractivity contribution in [3.63, 3.8) is 0 Å². The van der Waals surface area contributed by atoms with Gasteiger partial charge in [0.05, 0.1) is 0 Å². The van der Waals surface area contributed by atoms with Crippen molar-refractivity contribution < 1.29 is 13.2 Å². The molecule has 0 amide bonds.